The Hall–Kier alpha value is -0.610. The van der Waals surface area contributed by atoms with Crippen LogP contribution in [0.1, 0.15) is 25.7 Å². The summed E-state index contributed by atoms with van der Waals surface area (Å²) < 4.78 is 5.32. The number of methoxy groups -OCH3 is 1. The quantitative estimate of drug-likeness (QED) is 0.810. The van der Waals surface area contributed by atoms with Gasteiger partial charge in [0.1, 0.15) is 0 Å². The van der Waals surface area contributed by atoms with Crippen LogP contribution in [0.25, 0.3) is 0 Å². The summed E-state index contributed by atoms with van der Waals surface area (Å²) >= 11 is 0. The van der Waals surface area contributed by atoms with Gasteiger partial charge in [0.25, 0.3) is 0 Å². The van der Waals surface area contributed by atoms with E-state index in [9.17, 15) is 4.79 Å². The Morgan fingerprint density at radius 2 is 2.11 bits per heavy atom. The first-order chi connectivity index (χ1) is 8.75. The molecule has 1 N–H and O–H groups in total. The summed E-state index contributed by atoms with van der Waals surface area (Å²) in [6.07, 6.45) is 4.93. The SMILES string of the molecule is COCC1(C(=O)N2CC3CCCC3C2)CCNC1. The smallest absolute Gasteiger partial charge is 0.232 e. The highest BCUT2D eigenvalue weighted by Gasteiger charge is 2.47. The highest BCUT2D eigenvalue weighted by Crippen LogP contribution is 2.40. The second kappa shape index (κ2) is 4.82. The molecule has 2 heterocycles. The van der Waals surface area contributed by atoms with E-state index in [2.05, 4.69) is 10.2 Å². The van der Waals surface area contributed by atoms with Gasteiger partial charge in [0, 0.05) is 26.7 Å². The van der Waals surface area contributed by atoms with E-state index in [0.717, 1.165) is 44.4 Å². The highest BCUT2D eigenvalue weighted by molar-refractivity contribution is 5.84. The number of carbonyl (C=O) groups is 1. The van der Waals surface area contributed by atoms with Gasteiger partial charge in [0.15, 0.2) is 0 Å². The van der Waals surface area contributed by atoms with Crippen LogP contribution < -0.4 is 5.32 Å². The number of carbonyl (C=O) groups excluding carboxylic acids is 1. The maximum absolute atomic E-state index is 12.8. The van der Waals surface area contributed by atoms with Crippen molar-refractivity contribution in [3.8, 4) is 0 Å². The molecular weight excluding hydrogens is 228 g/mol. The van der Waals surface area contributed by atoms with Gasteiger partial charge in [-0.1, -0.05) is 6.42 Å². The number of amides is 1. The highest BCUT2D eigenvalue weighted by atomic mass is 16.5. The van der Waals surface area contributed by atoms with Crippen LogP contribution in [-0.4, -0.2) is 50.7 Å². The fourth-order valence-corrected chi connectivity index (χ4v) is 4.12. The minimum absolute atomic E-state index is 0.284. The minimum Gasteiger partial charge on any atom is -0.384 e. The standard InChI is InChI=1S/C14H24N2O2/c1-18-10-14(5-6-15-9-14)13(17)16-7-11-3-2-4-12(11)8-16/h11-12,15H,2-10H2,1H3. The Labute approximate surface area is 109 Å². The summed E-state index contributed by atoms with van der Waals surface area (Å²) in [5.41, 5.74) is -0.284. The van der Waals surface area contributed by atoms with E-state index in [1.54, 1.807) is 7.11 Å². The monoisotopic (exact) mass is 252 g/mol. The largest absolute Gasteiger partial charge is 0.384 e. The normalized spacial score (nSPS) is 39.3. The molecule has 0 spiro atoms. The molecule has 102 valence electrons. The molecule has 1 aliphatic carbocycles. The topological polar surface area (TPSA) is 41.6 Å². The van der Waals surface area contributed by atoms with Crippen LogP contribution in [0.2, 0.25) is 0 Å². The lowest BCUT2D eigenvalue weighted by atomic mass is 9.86. The molecule has 1 amide bonds. The first-order valence-corrected chi connectivity index (χ1v) is 7.24. The van der Waals surface area contributed by atoms with Crippen molar-refractivity contribution >= 4 is 5.91 Å². The van der Waals surface area contributed by atoms with Crippen LogP contribution in [0.5, 0.6) is 0 Å². The Bertz CT molecular complexity index is 314. The molecular formula is C14H24N2O2. The minimum atomic E-state index is -0.284. The molecule has 3 rings (SSSR count). The molecule has 4 nitrogen and oxygen atoms in total. The Morgan fingerprint density at radius 3 is 2.67 bits per heavy atom. The molecule has 0 radical (unpaired) electrons. The molecule has 2 saturated heterocycles. The number of hydrogen-bond acceptors (Lipinski definition) is 3. The average molecular weight is 252 g/mol. The maximum Gasteiger partial charge on any atom is 0.232 e. The molecule has 4 heteroatoms. The first-order valence-electron chi connectivity index (χ1n) is 7.24. The number of hydrogen-bond donors (Lipinski definition) is 1. The predicted octanol–water partition coefficient (Wildman–Crippen LogP) is 0.871. The van der Waals surface area contributed by atoms with E-state index in [1.807, 2.05) is 0 Å². The van der Waals surface area contributed by atoms with E-state index in [-0.39, 0.29) is 5.41 Å². The van der Waals surface area contributed by atoms with E-state index in [4.69, 9.17) is 4.74 Å². The van der Waals surface area contributed by atoms with Crippen LogP contribution in [-0.2, 0) is 9.53 Å². The zero-order valence-electron chi connectivity index (χ0n) is 11.3. The van der Waals surface area contributed by atoms with Crippen molar-refractivity contribution in [3.05, 3.63) is 0 Å². The van der Waals surface area contributed by atoms with Gasteiger partial charge in [0.05, 0.1) is 12.0 Å². The van der Waals surface area contributed by atoms with Gasteiger partial charge < -0.3 is 15.0 Å². The second-order valence-corrected chi connectivity index (χ2v) is 6.30. The Balaban J connectivity index is 1.69. The number of nitrogens with zero attached hydrogens (tertiary/aromatic N) is 1. The first kappa shape index (κ1) is 12.4. The molecule has 3 aliphatic rings. The van der Waals surface area contributed by atoms with E-state index in [0.29, 0.717) is 12.5 Å². The summed E-state index contributed by atoms with van der Waals surface area (Å²) in [7, 11) is 1.70. The molecule has 0 aromatic heterocycles. The number of likely N-dealkylation sites (tertiary alicyclic amines) is 1. The van der Waals surface area contributed by atoms with E-state index < -0.39 is 0 Å². The molecule has 0 aromatic rings. The third-order valence-electron chi connectivity index (χ3n) is 5.13. The maximum atomic E-state index is 12.8. The summed E-state index contributed by atoms with van der Waals surface area (Å²) in [5.74, 6) is 1.90. The van der Waals surface area contributed by atoms with Crippen LogP contribution in [0, 0.1) is 17.3 Å². The van der Waals surface area contributed by atoms with Crippen molar-refractivity contribution in [2.75, 3.05) is 39.9 Å². The van der Waals surface area contributed by atoms with Gasteiger partial charge in [-0.15, -0.1) is 0 Å². The van der Waals surface area contributed by atoms with Gasteiger partial charge in [-0.2, -0.15) is 0 Å². The van der Waals surface area contributed by atoms with Crippen molar-refractivity contribution in [1.82, 2.24) is 10.2 Å². The predicted molar refractivity (Wildman–Crippen MR) is 69.2 cm³/mol. The summed E-state index contributed by atoms with van der Waals surface area (Å²) in [4.78, 5) is 14.9. The lowest BCUT2D eigenvalue weighted by Crippen LogP contribution is -2.47. The summed E-state index contributed by atoms with van der Waals surface area (Å²) in [6, 6.07) is 0. The third kappa shape index (κ3) is 1.95. The Morgan fingerprint density at radius 1 is 1.39 bits per heavy atom. The van der Waals surface area contributed by atoms with Gasteiger partial charge in [-0.25, -0.2) is 0 Å². The molecule has 0 aromatic carbocycles. The molecule has 2 aliphatic heterocycles. The van der Waals surface area contributed by atoms with Crippen LogP contribution >= 0.6 is 0 Å². The second-order valence-electron chi connectivity index (χ2n) is 6.30. The van der Waals surface area contributed by atoms with Gasteiger partial charge in [0.2, 0.25) is 5.91 Å². The fourth-order valence-electron chi connectivity index (χ4n) is 4.12. The number of fused-ring (bicyclic) bond motifs is 1. The molecule has 3 unspecified atom stereocenters. The number of rotatable bonds is 3. The molecule has 18 heavy (non-hydrogen) atoms. The number of nitrogens with one attached hydrogen (secondary N) is 1. The molecule has 0 bridgehead atoms. The van der Waals surface area contributed by atoms with Crippen molar-refractivity contribution in [2.24, 2.45) is 17.3 Å². The molecule has 1 saturated carbocycles. The summed E-state index contributed by atoms with van der Waals surface area (Å²) in [6.45, 7) is 4.27. The van der Waals surface area contributed by atoms with Crippen LogP contribution in [0.3, 0.4) is 0 Å². The Kier molecular flexibility index (Phi) is 3.32. The third-order valence-corrected chi connectivity index (χ3v) is 5.13. The van der Waals surface area contributed by atoms with E-state index >= 15 is 0 Å². The zero-order chi connectivity index (χ0) is 12.6. The van der Waals surface area contributed by atoms with Gasteiger partial charge >= 0.3 is 0 Å². The van der Waals surface area contributed by atoms with Crippen LogP contribution in [0.15, 0.2) is 0 Å². The van der Waals surface area contributed by atoms with Crippen molar-refractivity contribution in [1.29, 1.82) is 0 Å². The van der Waals surface area contributed by atoms with E-state index in [1.165, 1.54) is 19.3 Å². The fraction of sp³-hybridized carbons (Fsp3) is 0.929. The summed E-state index contributed by atoms with van der Waals surface area (Å²) in [5, 5.41) is 3.33. The van der Waals surface area contributed by atoms with Gasteiger partial charge in [-0.3, -0.25) is 4.79 Å². The van der Waals surface area contributed by atoms with Crippen LogP contribution in [0.4, 0.5) is 0 Å². The molecule has 3 atom stereocenters. The van der Waals surface area contributed by atoms with Crippen molar-refractivity contribution < 1.29 is 9.53 Å². The molecule has 3 fully saturated rings. The van der Waals surface area contributed by atoms with Gasteiger partial charge in [-0.05, 0) is 37.6 Å². The van der Waals surface area contributed by atoms with Crippen molar-refractivity contribution in [2.45, 2.75) is 25.7 Å². The number of ether oxygens (including phenoxy) is 1. The zero-order valence-corrected chi connectivity index (χ0v) is 11.3. The average Bonchev–Trinajstić information content (AvgIpc) is 3.03. The van der Waals surface area contributed by atoms with Crippen molar-refractivity contribution in [3.63, 3.8) is 0 Å². The lowest BCUT2D eigenvalue weighted by molar-refractivity contribution is -0.143. The lowest BCUT2D eigenvalue weighted by Gasteiger charge is -2.31.